The fraction of sp³-hybridized carbons (Fsp3) is 0.0714. The first-order valence-corrected chi connectivity index (χ1v) is 6.30. The van der Waals surface area contributed by atoms with E-state index >= 15 is 0 Å². The van der Waals surface area contributed by atoms with E-state index in [0.717, 1.165) is 12.3 Å². The maximum Gasteiger partial charge on any atom is 0.471 e. The Morgan fingerprint density at radius 3 is 2.32 bits per heavy atom. The minimum atomic E-state index is -4.94. The Hall–Kier alpha value is -3.86. The van der Waals surface area contributed by atoms with E-state index in [2.05, 4.69) is 9.97 Å². The van der Waals surface area contributed by atoms with Crippen molar-refractivity contribution in [3.63, 3.8) is 0 Å². The van der Waals surface area contributed by atoms with Gasteiger partial charge in [0.25, 0.3) is 5.56 Å². The van der Waals surface area contributed by atoms with Gasteiger partial charge in [-0.05, 0) is 24.3 Å². The molecule has 2 rings (SSSR count). The lowest BCUT2D eigenvalue weighted by molar-refractivity contribution is -0.167. The lowest BCUT2D eigenvalue weighted by atomic mass is 10.3. The number of alkyl halides is 3. The third-order valence-corrected chi connectivity index (χ3v) is 2.45. The number of nitrogens with one attached hydrogen (secondary N) is 2. The number of H-pyrrole nitrogens is 1. The van der Waals surface area contributed by atoms with Crippen molar-refractivity contribution < 1.29 is 18.0 Å². The van der Waals surface area contributed by atoms with Gasteiger partial charge in [-0.1, -0.05) is 0 Å². The number of aromatic amines is 1. The monoisotopic (exact) mass is 350 g/mol. The van der Waals surface area contributed by atoms with Crippen LogP contribution in [0.3, 0.4) is 0 Å². The number of carbonyl (C=O) groups excluding carboxylic acids is 1. The Balaban J connectivity index is 0.000000271. The number of nitrogen functional groups attached to an aromatic ring is 1. The minimum Gasteiger partial charge on any atom is -0.394 e. The van der Waals surface area contributed by atoms with Crippen molar-refractivity contribution in [1.29, 1.82) is 10.5 Å². The van der Waals surface area contributed by atoms with Crippen molar-refractivity contribution in [3.05, 3.63) is 52.2 Å². The summed E-state index contributed by atoms with van der Waals surface area (Å²) < 4.78 is 35.4. The molecule has 128 valence electrons. The number of rotatable bonds is 1. The summed E-state index contributed by atoms with van der Waals surface area (Å²) in [6.07, 6.45) is -3.96. The molecule has 0 saturated carbocycles. The molecule has 1 amide bonds. The molecule has 25 heavy (non-hydrogen) atoms. The zero-order valence-corrected chi connectivity index (χ0v) is 12.3. The number of nitriles is 2. The highest BCUT2D eigenvalue weighted by Crippen LogP contribution is 2.17. The molecule has 8 nitrogen and oxygen atoms in total. The number of pyridine rings is 2. The van der Waals surface area contributed by atoms with Crippen LogP contribution in [0.5, 0.6) is 0 Å². The molecule has 0 radical (unpaired) electrons. The summed E-state index contributed by atoms with van der Waals surface area (Å²) in [7, 11) is 0. The van der Waals surface area contributed by atoms with Gasteiger partial charge >= 0.3 is 12.1 Å². The van der Waals surface area contributed by atoms with Gasteiger partial charge in [-0.2, -0.15) is 23.7 Å². The van der Waals surface area contributed by atoms with Gasteiger partial charge in [-0.25, -0.2) is 4.98 Å². The van der Waals surface area contributed by atoms with Crippen LogP contribution in [0.4, 0.5) is 24.5 Å². The number of hydrogen-bond donors (Lipinski definition) is 3. The predicted octanol–water partition coefficient (Wildman–Crippen LogP) is 1.28. The summed E-state index contributed by atoms with van der Waals surface area (Å²) in [4.78, 5) is 26.9. The average molecular weight is 350 g/mol. The summed E-state index contributed by atoms with van der Waals surface area (Å²) in [6, 6.07) is 8.69. The Kier molecular flexibility index (Phi) is 6.23. The summed E-state index contributed by atoms with van der Waals surface area (Å²) in [5.74, 6) is -2.07. The largest absolute Gasteiger partial charge is 0.471 e. The predicted molar refractivity (Wildman–Crippen MR) is 79.8 cm³/mol. The second-order valence-corrected chi connectivity index (χ2v) is 4.26. The van der Waals surface area contributed by atoms with Crippen LogP contribution in [0.2, 0.25) is 0 Å². The number of nitrogens with zero attached hydrogens (tertiary/aromatic N) is 3. The van der Waals surface area contributed by atoms with Gasteiger partial charge in [0, 0.05) is 0 Å². The van der Waals surface area contributed by atoms with Crippen LogP contribution in [-0.4, -0.2) is 22.1 Å². The first-order valence-electron chi connectivity index (χ1n) is 6.30. The second kappa shape index (κ2) is 8.12. The van der Waals surface area contributed by atoms with Crippen molar-refractivity contribution in [2.75, 3.05) is 11.1 Å². The smallest absolute Gasteiger partial charge is 0.394 e. The van der Waals surface area contributed by atoms with Crippen molar-refractivity contribution in [3.8, 4) is 12.1 Å². The lowest BCUT2D eigenvalue weighted by Gasteiger charge is -2.06. The van der Waals surface area contributed by atoms with E-state index in [1.165, 1.54) is 18.2 Å². The number of amides is 1. The van der Waals surface area contributed by atoms with Crippen LogP contribution in [0.25, 0.3) is 0 Å². The van der Waals surface area contributed by atoms with Gasteiger partial charge < -0.3 is 16.0 Å². The SMILES string of the molecule is N#Cc1ccc(N)c(=O)[nH]1.N#Cc1ccc(NC(=O)C(F)(F)F)cn1. The molecule has 0 aliphatic carbocycles. The van der Waals surface area contributed by atoms with E-state index in [1.54, 1.807) is 17.5 Å². The van der Waals surface area contributed by atoms with E-state index in [4.69, 9.17) is 16.3 Å². The first kappa shape index (κ1) is 19.2. The number of anilines is 2. The number of nitrogens with two attached hydrogens (primary N) is 1. The van der Waals surface area contributed by atoms with E-state index in [9.17, 15) is 22.8 Å². The maximum atomic E-state index is 11.8. The number of halogens is 3. The first-order chi connectivity index (χ1) is 11.7. The molecule has 2 aromatic heterocycles. The highest BCUT2D eigenvalue weighted by Gasteiger charge is 2.38. The fourth-order valence-corrected chi connectivity index (χ4v) is 1.29. The Bertz CT molecular complexity index is 891. The van der Waals surface area contributed by atoms with Crippen LogP contribution in [-0.2, 0) is 4.79 Å². The van der Waals surface area contributed by atoms with Crippen molar-refractivity contribution >= 4 is 17.3 Å². The summed E-state index contributed by atoms with van der Waals surface area (Å²) in [6.45, 7) is 0. The highest BCUT2D eigenvalue weighted by molar-refractivity contribution is 5.94. The van der Waals surface area contributed by atoms with Crippen molar-refractivity contribution in [2.24, 2.45) is 0 Å². The van der Waals surface area contributed by atoms with Gasteiger partial charge in [-0.15, -0.1) is 0 Å². The van der Waals surface area contributed by atoms with E-state index in [-0.39, 0.29) is 22.8 Å². The lowest BCUT2D eigenvalue weighted by Crippen LogP contribution is -2.29. The average Bonchev–Trinajstić information content (AvgIpc) is 2.58. The van der Waals surface area contributed by atoms with Crippen LogP contribution >= 0.6 is 0 Å². The second-order valence-electron chi connectivity index (χ2n) is 4.26. The minimum absolute atomic E-state index is 0.0556. The summed E-state index contributed by atoms with van der Waals surface area (Å²) in [5, 5.41) is 18.2. The maximum absolute atomic E-state index is 11.8. The van der Waals surface area contributed by atoms with E-state index in [1.807, 2.05) is 0 Å². The molecule has 11 heteroatoms. The molecule has 0 bridgehead atoms. The molecule has 0 saturated heterocycles. The van der Waals surface area contributed by atoms with Gasteiger partial charge in [0.15, 0.2) is 0 Å². The van der Waals surface area contributed by atoms with Crippen LogP contribution in [0, 0.1) is 22.7 Å². The molecule has 4 N–H and O–H groups in total. The molecule has 0 spiro atoms. The zero-order chi connectivity index (χ0) is 19.0. The number of hydrogen-bond acceptors (Lipinski definition) is 6. The molecule has 0 aromatic carbocycles. The topological polar surface area (TPSA) is 148 Å². The molecule has 2 heterocycles. The van der Waals surface area contributed by atoms with Crippen molar-refractivity contribution in [2.45, 2.75) is 6.18 Å². The Morgan fingerprint density at radius 2 is 1.88 bits per heavy atom. The molecular formula is C14H9F3N6O2. The summed E-state index contributed by atoms with van der Waals surface area (Å²) in [5.41, 5.74) is 5.06. The highest BCUT2D eigenvalue weighted by atomic mass is 19.4. The number of aromatic nitrogens is 2. The van der Waals surface area contributed by atoms with Gasteiger partial charge in [0.1, 0.15) is 23.5 Å². The van der Waals surface area contributed by atoms with Gasteiger partial charge in [0.2, 0.25) is 0 Å². The number of carbonyl (C=O) groups is 1. The molecule has 0 atom stereocenters. The molecular weight excluding hydrogens is 341 g/mol. The zero-order valence-electron chi connectivity index (χ0n) is 12.3. The third-order valence-electron chi connectivity index (χ3n) is 2.45. The standard InChI is InChI=1S/C8H4F3N3O.C6H5N3O/c9-8(10,11)7(15)14-6-2-1-5(3-12)13-4-6;7-3-4-1-2-5(8)6(10)9-4/h1-2,4H,(H,14,15);1-2H,8H2,(H,9,10). The quantitative estimate of drug-likeness (QED) is 0.705. The fourth-order valence-electron chi connectivity index (χ4n) is 1.29. The Labute approximate surface area is 138 Å². The van der Waals surface area contributed by atoms with Crippen LogP contribution in [0.1, 0.15) is 11.4 Å². The molecule has 0 aliphatic rings. The Morgan fingerprint density at radius 1 is 1.20 bits per heavy atom. The van der Waals surface area contributed by atoms with E-state index in [0.29, 0.717) is 0 Å². The van der Waals surface area contributed by atoms with Crippen LogP contribution < -0.4 is 16.6 Å². The van der Waals surface area contributed by atoms with Crippen molar-refractivity contribution in [1.82, 2.24) is 9.97 Å². The summed E-state index contributed by atoms with van der Waals surface area (Å²) >= 11 is 0. The molecule has 0 unspecified atom stereocenters. The molecule has 0 fully saturated rings. The van der Waals surface area contributed by atoms with Gasteiger partial charge in [-0.3, -0.25) is 9.59 Å². The van der Waals surface area contributed by atoms with Gasteiger partial charge in [0.05, 0.1) is 17.6 Å². The molecule has 2 aromatic rings. The normalized spacial score (nSPS) is 9.80. The van der Waals surface area contributed by atoms with Crippen LogP contribution in [0.15, 0.2) is 35.3 Å². The third kappa shape index (κ3) is 6.03. The molecule has 0 aliphatic heterocycles. The van der Waals surface area contributed by atoms with E-state index < -0.39 is 17.6 Å².